The van der Waals surface area contributed by atoms with Crippen LogP contribution >= 0.6 is 0 Å². The van der Waals surface area contributed by atoms with Gasteiger partial charge in [-0.05, 0) is 27.2 Å². The SMILES string of the molecule is CC(C)(C)OC(=O)NC(CC(C(F)(F)F)C(F)(F)F)C(=O)O. The number of carbonyl (C=O) groups excluding carboxylic acids is 1. The fourth-order valence-corrected chi connectivity index (χ4v) is 1.36. The molecule has 11 heteroatoms. The molecule has 0 aliphatic rings. The molecule has 0 bridgehead atoms. The summed E-state index contributed by atoms with van der Waals surface area (Å²) in [7, 11) is 0. The van der Waals surface area contributed by atoms with E-state index in [4.69, 9.17) is 5.11 Å². The molecule has 0 aromatic heterocycles. The summed E-state index contributed by atoms with van der Waals surface area (Å²) in [4.78, 5) is 22.1. The Balaban J connectivity index is 5.12. The van der Waals surface area contributed by atoms with E-state index < -0.39 is 48.4 Å². The number of hydrogen-bond donors (Lipinski definition) is 2. The van der Waals surface area contributed by atoms with E-state index in [2.05, 4.69) is 4.74 Å². The van der Waals surface area contributed by atoms with Crippen molar-refractivity contribution in [2.24, 2.45) is 5.92 Å². The van der Waals surface area contributed by atoms with E-state index in [-0.39, 0.29) is 0 Å². The van der Waals surface area contributed by atoms with Crippen molar-refractivity contribution in [3.63, 3.8) is 0 Å². The Hall–Kier alpha value is -1.68. The number of halogens is 6. The van der Waals surface area contributed by atoms with Crippen LogP contribution in [0, 0.1) is 5.92 Å². The number of carboxylic acids is 1. The van der Waals surface area contributed by atoms with Gasteiger partial charge in [0, 0.05) is 0 Å². The van der Waals surface area contributed by atoms with E-state index in [9.17, 15) is 35.9 Å². The van der Waals surface area contributed by atoms with Crippen LogP contribution in [0.3, 0.4) is 0 Å². The predicted molar refractivity (Wildman–Crippen MR) is 61.0 cm³/mol. The lowest BCUT2D eigenvalue weighted by Crippen LogP contribution is -2.48. The van der Waals surface area contributed by atoms with Gasteiger partial charge in [0.25, 0.3) is 0 Å². The summed E-state index contributed by atoms with van der Waals surface area (Å²) in [6.07, 6.45) is -14.7. The van der Waals surface area contributed by atoms with Crippen LogP contribution in [-0.4, -0.2) is 41.2 Å². The van der Waals surface area contributed by atoms with Gasteiger partial charge in [0.2, 0.25) is 0 Å². The minimum Gasteiger partial charge on any atom is -0.480 e. The molecule has 0 aliphatic heterocycles. The monoisotopic (exact) mass is 339 g/mol. The fraction of sp³-hybridized carbons (Fsp3) is 0.818. The number of aliphatic carboxylic acids is 1. The summed E-state index contributed by atoms with van der Waals surface area (Å²) in [6, 6.07) is -2.40. The summed E-state index contributed by atoms with van der Waals surface area (Å²) in [6.45, 7) is 4.16. The molecule has 0 aromatic carbocycles. The van der Waals surface area contributed by atoms with Crippen molar-refractivity contribution in [3.05, 3.63) is 0 Å². The number of amides is 1. The Labute approximate surface area is 121 Å². The number of hydrogen-bond acceptors (Lipinski definition) is 3. The lowest BCUT2D eigenvalue weighted by Gasteiger charge is -2.27. The molecule has 1 amide bonds. The van der Waals surface area contributed by atoms with Gasteiger partial charge in [-0.15, -0.1) is 0 Å². The topological polar surface area (TPSA) is 75.6 Å². The fourth-order valence-electron chi connectivity index (χ4n) is 1.36. The largest absolute Gasteiger partial charge is 0.480 e. The lowest BCUT2D eigenvalue weighted by atomic mass is 9.98. The minimum atomic E-state index is -5.69. The maximum atomic E-state index is 12.4. The highest BCUT2D eigenvalue weighted by atomic mass is 19.4. The van der Waals surface area contributed by atoms with Gasteiger partial charge < -0.3 is 15.2 Å². The molecule has 5 nitrogen and oxygen atoms in total. The van der Waals surface area contributed by atoms with Crippen molar-refractivity contribution >= 4 is 12.1 Å². The second kappa shape index (κ2) is 6.61. The van der Waals surface area contributed by atoms with Crippen LogP contribution in [0.5, 0.6) is 0 Å². The summed E-state index contributed by atoms with van der Waals surface area (Å²) < 4.78 is 78.9. The number of ether oxygens (including phenoxy) is 1. The van der Waals surface area contributed by atoms with Crippen LogP contribution in [0.1, 0.15) is 27.2 Å². The van der Waals surface area contributed by atoms with Crippen LogP contribution in [0.2, 0.25) is 0 Å². The predicted octanol–water partition coefficient (Wildman–Crippen LogP) is 3.10. The Morgan fingerprint density at radius 3 is 1.73 bits per heavy atom. The maximum Gasteiger partial charge on any atom is 0.408 e. The first kappa shape index (κ1) is 20.3. The smallest absolute Gasteiger partial charge is 0.408 e. The average molecular weight is 339 g/mol. The third-order valence-corrected chi connectivity index (χ3v) is 2.25. The number of nitrogens with one attached hydrogen (secondary N) is 1. The van der Waals surface area contributed by atoms with E-state index in [1.807, 2.05) is 0 Å². The van der Waals surface area contributed by atoms with Gasteiger partial charge in [-0.25, -0.2) is 9.59 Å². The Bertz CT molecular complexity index is 398. The Morgan fingerprint density at radius 1 is 1.05 bits per heavy atom. The van der Waals surface area contributed by atoms with Crippen LogP contribution in [0.4, 0.5) is 31.1 Å². The van der Waals surface area contributed by atoms with Crippen molar-refractivity contribution in [1.29, 1.82) is 0 Å². The van der Waals surface area contributed by atoms with Crippen LogP contribution in [-0.2, 0) is 9.53 Å². The lowest BCUT2D eigenvalue weighted by molar-refractivity contribution is -0.286. The van der Waals surface area contributed by atoms with Crippen molar-refractivity contribution in [2.75, 3.05) is 0 Å². The van der Waals surface area contributed by atoms with E-state index >= 15 is 0 Å². The van der Waals surface area contributed by atoms with Gasteiger partial charge in [0.15, 0.2) is 5.92 Å². The summed E-state index contributed by atoms with van der Waals surface area (Å²) in [5.74, 6) is -5.92. The van der Waals surface area contributed by atoms with E-state index in [1.54, 1.807) is 0 Å². The third kappa shape index (κ3) is 7.36. The first-order valence-electron chi connectivity index (χ1n) is 5.90. The molecule has 22 heavy (non-hydrogen) atoms. The van der Waals surface area contributed by atoms with E-state index in [1.165, 1.54) is 26.1 Å². The zero-order valence-electron chi connectivity index (χ0n) is 11.8. The molecule has 1 atom stereocenters. The zero-order valence-corrected chi connectivity index (χ0v) is 11.8. The first-order valence-corrected chi connectivity index (χ1v) is 5.90. The van der Waals surface area contributed by atoms with Crippen LogP contribution < -0.4 is 5.32 Å². The minimum absolute atomic E-state index is 1.10. The van der Waals surface area contributed by atoms with Gasteiger partial charge in [0.1, 0.15) is 11.6 Å². The maximum absolute atomic E-state index is 12.4. The highest BCUT2D eigenvalue weighted by molar-refractivity contribution is 5.80. The van der Waals surface area contributed by atoms with E-state index in [0.29, 0.717) is 0 Å². The number of alkyl halides is 6. The van der Waals surface area contributed by atoms with Crippen molar-refractivity contribution in [3.8, 4) is 0 Å². The molecule has 2 N–H and O–H groups in total. The molecule has 0 fully saturated rings. The average Bonchev–Trinajstić information content (AvgIpc) is 2.16. The van der Waals surface area contributed by atoms with Gasteiger partial charge in [0.05, 0.1) is 0 Å². The second-order valence-corrected chi connectivity index (χ2v) is 5.41. The normalized spacial score (nSPS) is 14.6. The standard InChI is InChI=1S/C11H15F6NO4/c1-9(2,3)22-8(21)18-5(7(19)20)4-6(10(12,13)14)11(15,16)17/h5-6H,4H2,1-3H3,(H,18,21)(H,19,20). The van der Waals surface area contributed by atoms with Crippen LogP contribution in [0.25, 0.3) is 0 Å². The Morgan fingerprint density at radius 2 is 1.45 bits per heavy atom. The molecule has 1 unspecified atom stereocenters. The molecule has 0 saturated heterocycles. The molecule has 0 saturated carbocycles. The number of carboxylic acid groups (broad SMARTS) is 1. The summed E-state index contributed by atoms with van der Waals surface area (Å²) in [5.41, 5.74) is -1.10. The molecule has 0 rings (SSSR count). The number of rotatable bonds is 4. The number of alkyl carbamates (subject to hydrolysis) is 1. The molecule has 130 valence electrons. The third-order valence-electron chi connectivity index (χ3n) is 2.25. The van der Waals surface area contributed by atoms with E-state index in [0.717, 1.165) is 0 Å². The van der Waals surface area contributed by atoms with Gasteiger partial charge in [-0.3, -0.25) is 0 Å². The molecular formula is C11H15F6NO4. The first-order chi connectivity index (χ1) is 9.54. The second-order valence-electron chi connectivity index (χ2n) is 5.41. The van der Waals surface area contributed by atoms with Gasteiger partial charge >= 0.3 is 24.4 Å². The van der Waals surface area contributed by atoms with Gasteiger partial charge in [-0.2, -0.15) is 26.3 Å². The molecule has 0 heterocycles. The quantitative estimate of drug-likeness (QED) is 0.772. The van der Waals surface area contributed by atoms with Crippen LogP contribution in [0.15, 0.2) is 0 Å². The van der Waals surface area contributed by atoms with Crippen molar-refractivity contribution < 1.29 is 45.8 Å². The highest BCUT2D eigenvalue weighted by Crippen LogP contribution is 2.41. The van der Waals surface area contributed by atoms with Crippen molar-refractivity contribution in [1.82, 2.24) is 5.32 Å². The molecule has 0 aromatic rings. The van der Waals surface area contributed by atoms with Crippen molar-refractivity contribution in [2.45, 2.75) is 51.2 Å². The molecule has 0 spiro atoms. The summed E-state index contributed by atoms with van der Waals surface area (Å²) >= 11 is 0. The summed E-state index contributed by atoms with van der Waals surface area (Å²) in [5, 5.41) is 10.2. The van der Waals surface area contributed by atoms with Gasteiger partial charge in [-0.1, -0.05) is 0 Å². The Kier molecular flexibility index (Phi) is 6.11. The highest BCUT2D eigenvalue weighted by Gasteiger charge is 2.57. The zero-order chi connectivity index (χ0) is 17.9. The number of carbonyl (C=O) groups is 2. The molecule has 0 radical (unpaired) electrons. The molecular weight excluding hydrogens is 324 g/mol. The molecule has 0 aliphatic carbocycles.